The van der Waals surface area contributed by atoms with Gasteiger partial charge in [0.2, 0.25) is 5.95 Å². The molecule has 0 bridgehead atoms. The van der Waals surface area contributed by atoms with Crippen LogP contribution in [0.15, 0.2) is 23.0 Å². The Bertz CT molecular complexity index is 1240. The summed E-state index contributed by atoms with van der Waals surface area (Å²) >= 11 is 6.32. The third-order valence-electron chi connectivity index (χ3n) is 5.37. The number of fused-ring (bicyclic) bond motifs is 1. The highest BCUT2D eigenvalue weighted by Gasteiger charge is 2.24. The molecule has 1 aliphatic rings. The molecule has 4 rings (SSSR count). The number of hydrogen-bond donors (Lipinski definition) is 4. The van der Waals surface area contributed by atoms with Gasteiger partial charge >= 0.3 is 0 Å². The molecule has 160 valence electrons. The Balaban J connectivity index is 1.82. The summed E-state index contributed by atoms with van der Waals surface area (Å²) in [7, 11) is 0. The van der Waals surface area contributed by atoms with Crippen molar-refractivity contribution >= 4 is 40.1 Å². The van der Waals surface area contributed by atoms with Gasteiger partial charge < -0.3 is 22.1 Å². The Hall–Kier alpha value is -3.42. The number of rotatable bonds is 5. The van der Waals surface area contributed by atoms with E-state index in [9.17, 15) is 10.1 Å². The second kappa shape index (κ2) is 8.37. The lowest BCUT2D eigenvalue weighted by Crippen LogP contribution is -2.32. The molecule has 0 radical (unpaired) electrons. The predicted octanol–water partition coefficient (Wildman–Crippen LogP) is 1.66. The molecule has 0 aliphatic carbocycles. The summed E-state index contributed by atoms with van der Waals surface area (Å²) in [6.07, 6.45) is 0.964. The van der Waals surface area contributed by atoms with Gasteiger partial charge in [0.1, 0.15) is 23.3 Å². The summed E-state index contributed by atoms with van der Waals surface area (Å²) in [6, 6.07) is 6.69. The lowest BCUT2D eigenvalue weighted by atomic mass is 10.1. The van der Waals surface area contributed by atoms with Crippen molar-refractivity contribution in [2.45, 2.75) is 25.9 Å². The number of nitrogens with two attached hydrogens (primary N) is 2. The van der Waals surface area contributed by atoms with Crippen molar-refractivity contribution in [3.63, 3.8) is 0 Å². The van der Waals surface area contributed by atoms with E-state index < -0.39 is 6.04 Å². The average molecular weight is 440 g/mol. The predicted molar refractivity (Wildman–Crippen MR) is 120 cm³/mol. The third kappa shape index (κ3) is 3.97. The first kappa shape index (κ1) is 20.8. The van der Waals surface area contributed by atoms with Crippen LogP contribution in [-0.2, 0) is 6.54 Å². The molecular formula is C20H22ClN9O. The molecule has 0 amide bonds. The molecule has 0 saturated carbocycles. The fourth-order valence-corrected chi connectivity index (χ4v) is 4.11. The Kier molecular flexibility index (Phi) is 5.63. The molecule has 10 nitrogen and oxygen atoms in total. The van der Waals surface area contributed by atoms with Crippen molar-refractivity contribution in [3.8, 4) is 6.07 Å². The van der Waals surface area contributed by atoms with Gasteiger partial charge in [0.25, 0.3) is 5.56 Å². The van der Waals surface area contributed by atoms with Crippen LogP contribution in [0.5, 0.6) is 0 Å². The summed E-state index contributed by atoms with van der Waals surface area (Å²) in [4.78, 5) is 26.1. The van der Waals surface area contributed by atoms with Gasteiger partial charge in [-0.3, -0.25) is 9.36 Å². The first-order valence-electron chi connectivity index (χ1n) is 9.88. The minimum Gasteiger partial charge on any atom is -0.382 e. The van der Waals surface area contributed by atoms with Crippen LogP contribution in [0.4, 0.5) is 17.6 Å². The topological polar surface area (TPSA) is 161 Å². The van der Waals surface area contributed by atoms with Crippen LogP contribution in [0.1, 0.15) is 30.8 Å². The number of hydrogen-bond acceptors (Lipinski definition) is 9. The number of nitrogens with zero attached hydrogens (tertiary/aromatic N) is 5. The highest BCUT2D eigenvalue weighted by atomic mass is 35.5. The second-order valence-corrected chi connectivity index (χ2v) is 7.95. The Morgan fingerprint density at radius 1 is 1.39 bits per heavy atom. The molecule has 2 atom stereocenters. The smallest absolute Gasteiger partial charge is 0.262 e. The molecule has 31 heavy (non-hydrogen) atoms. The maximum atomic E-state index is 13.4. The molecule has 0 unspecified atom stereocenters. The Morgan fingerprint density at radius 3 is 2.90 bits per heavy atom. The Morgan fingerprint density at radius 2 is 2.19 bits per heavy atom. The quantitative estimate of drug-likeness (QED) is 0.463. The van der Waals surface area contributed by atoms with E-state index in [1.807, 2.05) is 13.0 Å². The Labute approximate surface area is 183 Å². The van der Waals surface area contributed by atoms with E-state index in [2.05, 4.69) is 20.6 Å². The molecule has 2 aromatic heterocycles. The van der Waals surface area contributed by atoms with Crippen molar-refractivity contribution in [1.82, 2.24) is 24.8 Å². The number of nitrogens with one attached hydrogen (secondary N) is 2. The molecule has 6 N–H and O–H groups in total. The van der Waals surface area contributed by atoms with Gasteiger partial charge in [0.05, 0.1) is 22.0 Å². The molecule has 0 spiro atoms. The standard InChI is InChI=1S/C20H22ClN9O/c1-10(26-17-12(7-22)16(23)28-20(24)29-17)18-27-14-4-2-3-13(21)15(14)19(31)30(18)9-11-5-6-25-8-11/h2-4,10-11,25H,5-6,8-9H2,1H3,(H5,23,24,26,28,29)/t10-,11+/m0/s1. The highest BCUT2D eigenvalue weighted by molar-refractivity contribution is 6.35. The van der Waals surface area contributed by atoms with Gasteiger partial charge in [-0.1, -0.05) is 17.7 Å². The van der Waals surface area contributed by atoms with Crippen LogP contribution in [0, 0.1) is 17.2 Å². The average Bonchev–Trinajstić information content (AvgIpc) is 3.22. The van der Waals surface area contributed by atoms with E-state index in [4.69, 9.17) is 28.1 Å². The monoisotopic (exact) mass is 439 g/mol. The second-order valence-electron chi connectivity index (χ2n) is 7.55. The van der Waals surface area contributed by atoms with Gasteiger partial charge in [0.15, 0.2) is 5.82 Å². The number of benzene rings is 1. The SMILES string of the molecule is C[C@H](Nc1nc(N)nc(N)c1C#N)c1nc2cccc(Cl)c2c(=O)n1C[C@@H]1CCNC1. The van der Waals surface area contributed by atoms with Gasteiger partial charge in [-0.2, -0.15) is 15.2 Å². The van der Waals surface area contributed by atoms with E-state index in [1.165, 1.54) is 0 Å². The molecule has 3 heterocycles. The summed E-state index contributed by atoms with van der Waals surface area (Å²) < 4.78 is 1.66. The van der Waals surface area contributed by atoms with E-state index >= 15 is 0 Å². The van der Waals surface area contributed by atoms with Crippen LogP contribution in [-0.4, -0.2) is 32.6 Å². The normalized spacial score (nSPS) is 16.9. The molecule has 1 aliphatic heterocycles. The maximum absolute atomic E-state index is 13.4. The van der Waals surface area contributed by atoms with Crippen LogP contribution in [0.3, 0.4) is 0 Å². The summed E-state index contributed by atoms with van der Waals surface area (Å²) in [6.45, 7) is 4.07. The van der Waals surface area contributed by atoms with E-state index in [0.717, 1.165) is 19.5 Å². The lowest BCUT2D eigenvalue weighted by molar-refractivity contribution is 0.450. The number of anilines is 3. The molecule has 1 aromatic carbocycles. The van der Waals surface area contributed by atoms with Crippen molar-refractivity contribution in [2.24, 2.45) is 5.92 Å². The van der Waals surface area contributed by atoms with Crippen LogP contribution < -0.4 is 27.7 Å². The number of halogens is 1. The zero-order valence-electron chi connectivity index (χ0n) is 16.9. The summed E-state index contributed by atoms with van der Waals surface area (Å²) in [5.74, 6) is 0.919. The fraction of sp³-hybridized carbons (Fsp3) is 0.350. The summed E-state index contributed by atoms with van der Waals surface area (Å²) in [5.41, 5.74) is 11.9. The minimum atomic E-state index is -0.480. The van der Waals surface area contributed by atoms with Gasteiger partial charge in [-0.15, -0.1) is 0 Å². The fourth-order valence-electron chi connectivity index (χ4n) is 3.86. The van der Waals surface area contributed by atoms with Crippen molar-refractivity contribution in [2.75, 3.05) is 29.9 Å². The van der Waals surface area contributed by atoms with E-state index in [0.29, 0.717) is 34.2 Å². The van der Waals surface area contributed by atoms with Crippen LogP contribution >= 0.6 is 11.6 Å². The third-order valence-corrected chi connectivity index (χ3v) is 5.69. The van der Waals surface area contributed by atoms with Crippen LogP contribution in [0.25, 0.3) is 10.9 Å². The van der Waals surface area contributed by atoms with Crippen molar-refractivity contribution in [1.29, 1.82) is 5.26 Å². The number of nitriles is 1. The number of nitrogen functional groups attached to an aromatic ring is 2. The van der Waals surface area contributed by atoms with Gasteiger partial charge in [0, 0.05) is 6.54 Å². The zero-order chi connectivity index (χ0) is 22.1. The molecule has 1 fully saturated rings. The maximum Gasteiger partial charge on any atom is 0.262 e. The minimum absolute atomic E-state index is 0.0163. The van der Waals surface area contributed by atoms with E-state index in [-0.39, 0.29) is 28.7 Å². The summed E-state index contributed by atoms with van der Waals surface area (Å²) in [5, 5.41) is 16.6. The van der Waals surface area contributed by atoms with Crippen molar-refractivity contribution < 1.29 is 0 Å². The van der Waals surface area contributed by atoms with Crippen molar-refractivity contribution in [3.05, 3.63) is 45.0 Å². The molecule has 1 saturated heterocycles. The highest BCUT2D eigenvalue weighted by Crippen LogP contribution is 2.26. The van der Waals surface area contributed by atoms with Gasteiger partial charge in [-0.25, -0.2) is 4.98 Å². The molecule has 11 heteroatoms. The molecule has 3 aromatic rings. The van der Waals surface area contributed by atoms with Crippen LogP contribution in [0.2, 0.25) is 5.02 Å². The zero-order valence-corrected chi connectivity index (χ0v) is 17.6. The molecular weight excluding hydrogens is 418 g/mol. The first-order valence-corrected chi connectivity index (χ1v) is 10.3. The number of aromatic nitrogens is 4. The van der Waals surface area contributed by atoms with Gasteiger partial charge in [-0.05, 0) is 44.5 Å². The largest absolute Gasteiger partial charge is 0.382 e. The first-order chi connectivity index (χ1) is 14.9. The lowest BCUT2D eigenvalue weighted by Gasteiger charge is -2.22. The van der Waals surface area contributed by atoms with E-state index in [1.54, 1.807) is 22.8 Å².